The zero-order chi connectivity index (χ0) is 14.0. The molecule has 3 nitrogen and oxygen atoms in total. The third kappa shape index (κ3) is 2.71. The van der Waals surface area contributed by atoms with Gasteiger partial charge in [0.1, 0.15) is 5.82 Å². The topological polar surface area (TPSA) is 43.8 Å². The second-order valence-electron chi connectivity index (χ2n) is 5.34. The highest BCUT2D eigenvalue weighted by Gasteiger charge is 2.12. The molecule has 1 aromatic carbocycles. The summed E-state index contributed by atoms with van der Waals surface area (Å²) in [5.74, 6) is 1.58. The van der Waals surface area contributed by atoms with Gasteiger partial charge in [0.05, 0.1) is 5.69 Å². The molecule has 0 radical (unpaired) electrons. The average Bonchev–Trinajstić information content (AvgIpc) is 2.67. The van der Waals surface area contributed by atoms with Gasteiger partial charge in [0.2, 0.25) is 0 Å². The zero-order valence-electron chi connectivity index (χ0n) is 12.3. The number of hydrogen-bond acceptors (Lipinski definition) is 2. The minimum atomic E-state index is 0.560. The Labute approximate surface area is 115 Å². The van der Waals surface area contributed by atoms with Gasteiger partial charge in [-0.3, -0.25) is 0 Å². The number of nitrogens with two attached hydrogens (primary N) is 1. The predicted octanol–water partition coefficient (Wildman–Crippen LogP) is 3.02. The molecule has 2 N–H and O–H groups in total. The van der Waals surface area contributed by atoms with E-state index in [1.54, 1.807) is 0 Å². The van der Waals surface area contributed by atoms with Gasteiger partial charge in [-0.25, -0.2) is 4.98 Å². The van der Waals surface area contributed by atoms with E-state index in [1.165, 1.54) is 16.8 Å². The maximum Gasteiger partial charge on any atom is 0.140 e. The van der Waals surface area contributed by atoms with Gasteiger partial charge < -0.3 is 10.3 Å². The highest BCUT2D eigenvalue weighted by Crippen LogP contribution is 2.23. The van der Waals surface area contributed by atoms with Crippen LogP contribution in [0.2, 0.25) is 0 Å². The molecule has 3 heteroatoms. The normalized spacial score (nSPS) is 11.3. The molecule has 2 rings (SSSR count). The highest BCUT2D eigenvalue weighted by molar-refractivity contribution is 5.57. The maximum absolute atomic E-state index is 5.66. The number of benzene rings is 1. The third-order valence-corrected chi connectivity index (χ3v) is 3.63. The van der Waals surface area contributed by atoms with Crippen molar-refractivity contribution in [2.24, 2.45) is 12.8 Å². The van der Waals surface area contributed by atoms with E-state index in [-0.39, 0.29) is 0 Å². The first-order valence-electron chi connectivity index (χ1n) is 6.87. The van der Waals surface area contributed by atoms with Crippen molar-refractivity contribution >= 4 is 0 Å². The lowest BCUT2D eigenvalue weighted by Gasteiger charge is -2.08. The first kappa shape index (κ1) is 13.8. The Balaban J connectivity index is 2.39. The Hall–Kier alpha value is -1.61. The number of nitrogens with zero attached hydrogens (tertiary/aromatic N) is 2. The van der Waals surface area contributed by atoms with E-state index in [9.17, 15) is 0 Å². The van der Waals surface area contributed by atoms with Gasteiger partial charge >= 0.3 is 0 Å². The van der Waals surface area contributed by atoms with Crippen LogP contribution in [0.25, 0.3) is 11.4 Å². The number of aromatic nitrogens is 2. The minimum Gasteiger partial charge on any atom is -0.331 e. The molecule has 0 aliphatic rings. The van der Waals surface area contributed by atoms with Crippen LogP contribution in [0.4, 0.5) is 0 Å². The van der Waals surface area contributed by atoms with Crippen LogP contribution in [0.1, 0.15) is 36.7 Å². The summed E-state index contributed by atoms with van der Waals surface area (Å²) in [5, 5.41) is 0. The first-order valence-corrected chi connectivity index (χ1v) is 6.87. The van der Waals surface area contributed by atoms with Crippen LogP contribution < -0.4 is 5.73 Å². The van der Waals surface area contributed by atoms with Crippen LogP contribution >= 0.6 is 0 Å². The maximum atomic E-state index is 5.66. The molecule has 0 aliphatic heterocycles. The number of imidazole rings is 1. The molecule has 0 unspecified atom stereocenters. The van der Waals surface area contributed by atoms with Crippen LogP contribution in [0.3, 0.4) is 0 Å². The molecule has 0 spiro atoms. The summed E-state index contributed by atoms with van der Waals surface area (Å²) < 4.78 is 2.16. The minimum absolute atomic E-state index is 0.560. The second-order valence-corrected chi connectivity index (χ2v) is 5.34. The summed E-state index contributed by atoms with van der Waals surface area (Å²) in [5.41, 5.74) is 10.5. The molecule has 0 saturated heterocycles. The van der Waals surface area contributed by atoms with Crippen molar-refractivity contribution in [2.75, 3.05) is 6.54 Å². The van der Waals surface area contributed by atoms with Crippen molar-refractivity contribution < 1.29 is 0 Å². The van der Waals surface area contributed by atoms with E-state index in [2.05, 4.69) is 61.6 Å². The molecule has 0 atom stereocenters. The number of aryl methyl sites for hydroxylation is 1. The summed E-state index contributed by atoms with van der Waals surface area (Å²) in [6, 6.07) is 8.69. The Morgan fingerprint density at radius 2 is 1.84 bits per heavy atom. The molecular weight excluding hydrogens is 234 g/mol. The average molecular weight is 257 g/mol. The molecule has 0 aliphatic carbocycles. The molecule has 0 fully saturated rings. The van der Waals surface area contributed by atoms with E-state index >= 15 is 0 Å². The van der Waals surface area contributed by atoms with Gasteiger partial charge in [0, 0.05) is 24.7 Å². The molecule has 0 saturated carbocycles. The van der Waals surface area contributed by atoms with Crippen molar-refractivity contribution in [3.8, 4) is 11.4 Å². The van der Waals surface area contributed by atoms with Crippen molar-refractivity contribution in [2.45, 2.75) is 33.1 Å². The largest absolute Gasteiger partial charge is 0.331 e. The van der Waals surface area contributed by atoms with Crippen LogP contribution in [0.5, 0.6) is 0 Å². The van der Waals surface area contributed by atoms with E-state index in [0.29, 0.717) is 12.5 Å². The lowest BCUT2D eigenvalue weighted by Crippen LogP contribution is -2.08. The number of hydrogen-bond donors (Lipinski definition) is 1. The molecule has 102 valence electrons. The second kappa shape index (κ2) is 5.57. The van der Waals surface area contributed by atoms with Crippen molar-refractivity contribution in [3.63, 3.8) is 0 Å². The predicted molar refractivity (Wildman–Crippen MR) is 80.2 cm³/mol. The summed E-state index contributed by atoms with van der Waals surface area (Å²) in [7, 11) is 2.07. The molecule has 2 aromatic rings. The molecular formula is C16H23N3. The van der Waals surface area contributed by atoms with Gasteiger partial charge in [-0.15, -0.1) is 0 Å². The standard InChI is InChI=1S/C16H23N3/c1-11(2)13-5-7-14(8-6-13)16-18-12(3)15(9-10-17)19(16)4/h5-8,11H,9-10,17H2,1-4H3. The lowest BCUT2D eigenvalue weighted by atomic mass is 10.0. The Morgan fingerprint density at radius 3 is 2.37 bits per heavy atom. The molecule has 1 heterocycles. The fourth-order valence-electron chi connectivity index (χ4n) is 2.43. The Morgan fingerprint density at radius 1 is 1.21 bits per heavy atom. The van der Waals surface area contributed by atoms with Crippen LogP contribution in [-0.4, -0.2) is 16.1 Å². The van der Waals surface area contributed by atoms with E-state index in [1.807, 2.05) is 0 Å². The summed E-state index contributed by atoms with van der Waals surface area (Å²) in [6.45, 7) is 7.13. The van der Waals surface area contributed by atoms with Crippen LogP contribution in [-0.2, 0) is 13.5 Å². The summed E-state index contributed by atoms with van der Waals surface area (Å²) in [6.07, 6.45) is 0.874. The van der Waals surface area contributed by atoms with Crippen LogP contribution in [0.15, 0.2) is 24.3 Å². The smallest absolute Gasteiger partial charge is 0.140 e. The van der Waals surface area contributed by atoms with E-state index in [4.69, 9.17) is 5.73 Å². The summed E-state index contributed by atoms with van der Waals surface area (Å²) >= 11 is 0. The van der Waals surface area contributed by atoms with Gasteiger partial charge in [-0.2, -0.15) is 0 Å². The molecule has 19 heavy (non-hydrogen) atoms. The highest BCUT2D eigenvalue weighted by atomic mass is 15.1. The quantitative estimate of drug-likeness (QED) is 0.915. The van der Waals surface area contributed by atoms with Crippen LogP contribution in [0, 0.1) is 6.92 Å². The van der Waals surface area contributed by atoms with Gasteiger partial charge in [-0.05, 0) is 24.9 Å². The fraction of sp³-hybridized carbons (Fsp3) is 0.438. The van der Waals surface area contributed by atoms with E-state index < -0.39 is 0 Å². The monoisotopic (exact) mass is 257 g/mol. The first-order chi connectivity index (χ1) is 9.04. The van der Waals surface area contributed by atoms with Gasteiger partial charge in [-0.1, -0.05) is 38.1 Å². The van der Waals surface area contributed by atoms with E-state index in [0.717, 1.165) is 17.9 Å². The van der Waals surface area contributed by atoms with Gasteiger partial charge in [0.15, 0.2) is 0 Å². The Kier molecular flexibility index (Phi) is 4.05. The van der Waals surface area contributed by atoms with Crippen molar-refractivity contribution in [1.29, 1.82) is 0 Å². The molecule has 0 bridgehead atoms. The molecule has 0 amide bonds. The fourth-order valence-corrected chi connectivity index (χ4v) is 2.43. The SMILES string of the molecule is Cc1nc(-c2ccc(C(C)C)cc2)n(C)c1CCN. The summed E-state index contributed by atoms with van der Waals surface area (Å²) in [4.78, 5) is 4.68. The van der Waals surface area contributed by atoms with Gasteiger partial charge in [0.25, 0.3) is 0 Å². The van der Waals surface area contributed by atoms with Crippen molar-refractivity contribution in [3.05, 3.63) is 41.2 Å². The zero-order valence-corrected chi connectivity index (χ0v) is 12.3. The Bertz CT molecular complexity index is 550. The third-order valence-electron chi connectivity index (χ3n) is 3.63. The molecule has 1 aromatic heterocycles. The van der Waals surface area contributed by atoms with Crippen molar-refractivity contribution in [1.82, 2.24) is 9.55 Å². The number of rotatable bonds is 4. The lowest BCUT2D eigenvalue weighted by molar-refractivity contribution is 0.805.